The molecule has 0 fully saturated rings. The number of hydrogen-bond acceptors (Lipinski definition) is 8. The second-order valence-electron chi connectivity index (χ2n) is 9.39. The summed E-state index contributed by atoms with van der Waals surface area (Å²) in [5.74, 6) is 1.33. The van der Waals surface area contributed by atoms with Gasteiger partial charge in [-0.1, -0.05) is 55.0 Å². The Morgan fingerprint density at radius 3 is 2.64 bits per heavy atom. The molecule has 5 rings (SSSR count). The first-order chi connectivity index (χ1) is 18.9. The maximum atomic E-state index is 14.1. The SMILES string of the molecule is CCCC1=C(C(=O)OCC)C(c2c(OC)ccc3ccccc23)n2c(s/c(=C\c3ccc(N(C)C)o3)c2=O)=N1. The van der Waals surface area contributed by atoms with E-state index >= 15 is 0 Å². The molecule has 0 amide bonds. The molecule has 4 aromatic rings. The van der Waals surface area contributed by atoms with E-state index in [1.165, 1.54) is 11.3 Å². The van der Waals surface area contributed by atoms with Crippen LogP contribution < -0.4 is 24.5 Å². The van der Waals surface area contributed by atoms with Crippen molar-refractivity contribution in [2.24, 2.45) is 4.99 Å². The van der Waals surface area contributed by atoms with Gasteiger partial charge >= 0.3 is 5.97 Å². The Kier molecular flexibility index (Phi) is 7.43. The minimum absolute atomic E-state index is 0.207. The normalized spacial score (nSPS) is 15.3. The van der Waals surface area contributed by atoms with Gasteiger partial charge in [-0.2, -0.15) is 0 Å². The Bertz CT molecular complexity index is 1760. The highest BCUT2D eigenvalue weighted by molar-refractivity contribution is 7.07. The van der Waals surface area contributed by atoms with Crippen LogP contribution in [0, 0.1) is 0 Å². The summed E-state index contributed by atoms with van der Waals surface area (Å²) in [6.45, 7) is 4.01. The molecule has 8 nitrogen and oxygen atoms in total. The molecule has 1 unspecified atom stereocenters. The molecule has 0 saturated heterocycles. The zero-order chi connectivity index (χ0) is 27.7. The first-order valence-corrected chi connectivity index (χ1v) is 13.7. The maximum absolute atomic E-state index is 14.1. The van der Waals surface area contributed by atoms with E-state index in [1.807, 2.05) is 74.4 Å². The highest BCUT2D eigenvalue weighted by Gasteiger charge is 2.37. The van der Waals surface area contributed by atoms with Gasteiger partial charge in [0.2, 0.25) is 0 Å². The van der Waals surface area contributed by atoms with E-state index in [2.05, 4.69) is 0 Å². The fraction of sp³-hybridized carbons (Fsp3) is 0.300. The molecular formula is C30H31N3O5S. The molecule has 2 aromatic carbocycles. The minimum Gasteiger partial charge on any atom is -0.496 e. The average molecular weight is 546 g/mol. The van der Waals surface area contributed by atoms with Gasteiger partial charge in [-0.3, -0.25) is 9.36 Å². The van der Waals surface area contributed by atoms with Gasteiger partial charge in [0.05, 0.1) is 29.5 Å². The van der Waals surface area contributed by atoms with Gasteiger partial charge in [-0.25, -0.2) is 9.79 Å². The molecule has 202 valence electrons. The number of benzene rings is 2. The summed E-state index contributed by atoms with van der Waals surface area (Å²) in [5.41, 5.74) is 1.44. The molecule has 1 atom stereocenters. The highest BCUT2D eigenvalue weighted by atomic mass is 32.1. The lowest BCUT2D eigenvalue weighted by Gasteiger charge is -2.28. The lowest BCUT2D eigenvalue weighted by molar-refractivity contribution is -0.139. The van der Waals surface area contributed by atoms with E-state index in [4.69, 9.17) is 18.9 Å². The van der Waals surface area contributed by atoms with Gasteiger partial charge in [-0.05, 0) is 36.2 Å². The molecule has 3 heterocycles. The van der Waals surface area contributed by atoms with Crippen molar-refractivity contribution >= 4 is 40.0 Å². The van der Waals surface area contributed by atoms with Crippen LogP contribution in [0.25, 0.3) is 16.8 Å². The molecule has 39 heavy (non-hydrogen) atoms. The van der Waals surface area contributed by atoms with Crippen molar-refractivity contribution in [3.05, 3.63) is 90.8 Å². The summed E-state index contributed by atoms with van der Waals surface area (Å²) in [6.07, 6.45) is 3.06. The number of ether oxygens (including phenoxy) is 2. The van der Waals surface area contributed by atoms with Gasteiger partial charge in [0.1, 0.15) is 17.6 Å². The van der Waals surface area contributed by atoms with Crippen LogP contribution in [-0.2, 0) is 9.53 Å². The van der Waals surface area contributed by atoms with Crippen LogP contribution in [0.15, 0.2) is 74.0 Å². The van der Waals surface area contributed by atoms with Crippen molar-refractivity contribution in [2.75, 3.05) is 32.7 Å². The largest absolute Gasteiger partial charge is 0.496 e. The monoisotopic (exact) mass is 545 g/mol. The second-order valence-corrected chi connectivity index (χ2v) is 10.4. The third-order valence-electron chi connectivity index (χ3n) is 6.64. The summed E-state index contributed by atoms with van der Waals surface area (Å²) in [7, 11) is 5.37. The third kappa shape index (κ3) is 4.78. The summed E-state index contributed by atoms with van der Waals surface area (Å²) >= 11 is 1.28. The number of anilines is 1. The Morgan fingerprint density at radius 2 is 1.95 bits per heavy atom. The predicted octanol–water partition coefficient (Wildman–Crippen LogP) is 4.40. The number of esters is 1. The van der Waals surface area contributed by atoms with Gasteiger partial charge in [-0.15, -0.1) is 0 Å². The van der Waals surface area contributed by atoms with E-state index in [0.717, 1.165) is 22.8 Å². The molecule has 9 heteroatoms. The Morgan fingerprint density at radius 1 is 1.15 bits per heavy atom. The lowest BCUT2D eigenvalue weighted by atomic mass is 9.90. The van der Waals surface area contributed by atoms with Crippen LogP contribution in [-0.4, -0.2) is 38.3 Å². The molecular weight excluding hydrogens is 514 g/mol. The van der Waals surface area contributed by atoms with Crippen molar-refractivity contribution in [3.8, 4) is 5.75 Å². The number of nitrogens with zero attached hydrogens (tertiary/aromatic N) is 3. The van der Waals surface area contributed by atoms with Crippen molar-refractivity contribution in [1.82, 2.24) is 4.57 Å². The maximum Gasteiger partial charge on any atom is 0.338 e. The zero-order valence-corrected chi connectivity index (χ0v) is 23.5. The number of methoxy groups -OCH3 is 1. The van der Waals surface area contributed by atoms with E-state index in [0.29, 0.717) is 44.4 Å². The number of furan rings is 1. The standard InChI is InChI=1S/C30H31N3O5S/c1-6-10-21-26(29(35)37-7-2)27(25-20-12-9-8-11-18(20)13-15-22(25)36-5)33-28(34)23(39-30(33)31-21)17-19-14-16-24(38-19)32(3)4/h8-9,11-17,27H,6-7,10H2,1-5H3/b23-17-. The van der Waals surface area contributed by atoms with Crippen LogP contribution in [0.2, 0.25) is 0 Å². The van der Waals surface area contributed by atoms with Crippen molar-refractivity contribution in [1.29, 1.82) is 0 Å². The molecule has 2 aromatic heterocycles. The lowest BCUT2D eigenvalue weighted by Crippen LogP contribution is -2.40. The summed E-state index contributed by atoms with van der Waals surface area (Å²) in [6, 6.07) is 14.6. The smallest absolute Gasteiger partial charge is 0.338 e. The van der Waals surface area contributed by atoms with Gasteiger partial charge in [0.15, 0.2) is 10.7 Å². The number of aromatic nitrogens is 1. The molecule has 0 N–H and O–H groups in total. The second kappa shape index (κ2) is 10.9. The number of allylic oxidation sites excluding steroid dienone is 1. The fourth-order valence-electron chi connectivity index (χ4n) is 4.92. The molecule has 0 radical (unpaired) electrons. The first-order valence-electron chi connectivity index (χ1n) is 12.9. The molecule has 0 aliphatic carbocycles. The number of rotatable bonds is 8. The molecule has 0 spiro atoms. The molecule has 0 bridgehead atoms. The topological polar surface area (TPSA) is 86.3 Å². The first kappa shape index (κ1) is 26.5. The summed E-state index contributed by atoms with van der Waals surface area (Å²) in [4.78, 5) is 34.9. The van der Waals surface area contributed by atoms with Crippen LogP contribution in [0.1, 0.15) is 44.1 Å². The summed E-state index contributed by atoms with van der Waals surface area (Å²) in [5, 5.41) is 1.86. The van der Waals surface area contributed by atoms with Crippen molar-refractivity contribution < 1.29 is 18.7 Å². The van der Waals surface area contributed by atoms with Gasteiger partial charge in [0.25, 0.3) is 5.56 Å². The van der Waals surface area contributed by atoms with Crippen LogP contribution in [0.4, 0.5) is 5.88 Å². The third-order valence-corrected chi connectivity index (χ3v) is 7.63. The molecule has 1 aliphatic rings. The van der Waals surface area contributed by atoms with Gasteiger partial charge in [0, 0.05) is 31.8 Å². The number of carbonyl (C=O) groups excluding carboxylic acids is 1. The van der Waals surface area contributed by atoms with Crippen molar-refractivity contribution in [2.45, 2.75) is 32.7 Å². The molecule has 0 saturated carbocycles. The van der Waals surface area contributed by atoms with Crippen LogP contribution in [0.5, 0.6) is 5.75 Å². The molecule has 1 aliphatic heterocycles. The van der Waals surface area contributed by atoms with Gasteiger partial charge < -0.3 is 18.8 Å². The quantitative estimate of drug-likeness (QED) is 0.305. The zero-order valence-electron chi connectivity index (χ0n) is 22.7. The number of thiazole rings is 1. The summed E-state index contributed by atoms with van der Waals surface area (Å²) < 4.78 is 19.3. The van der Waals surface area contributed by atoms with E-state index in [1.54, 1.807) is 24.7 Å². The number of carbonyl (C=O) groups is 1. The highest BCUT2D eigenvalue weighted by Crippen LogP contribution is 2.41. The fourth-order valence-corrected chi connectivity index (χ4v) is 5.92. The van der Waals surface area contributed by atoms with E-state index in [9.17, 15) is 9.59 Å². The van der Waals surface area contributed by atoms with Crippen molar-refractivity contribution in [3.63, 3.8) is 0 Å². The minimum atomic E-state index is -0.779. The average Bonchev–Trinajstić information content (AvgIpc) is 3.52. The predicted molar refractivity (Wildman–Crippen MR) is 153 cm³/mol. The Labute approximate surface area is 230 Å². The Balaban J connectivity index is 1.85. The van der Waals surface area contributed by atoms with Crippen LogP contribution >= 0.6 is 11.3 Å². The van der Waals surface area contributed by atoms with E-state index in [-0.39, 0.29) is 12.2 Å². The number of hydrogen-bond donors (Lipinski definition) is 0. The van der Waals surface area contributed by atoms with Crippen LogP contribution in [0.3, 0.4) is 0 Å². The van der Waals surface area contributed by atoms with E-state index < -0.39 is 12.0 Å². The number of fused-ring (bicyclic) bond motifs is 2. The Hall–Kier alpha value is -4.11.